The lowest BCUT2D eigenvalue weighted by atomic mass is 10.2. The number of carbonyl (C=O) groups is 3. The van der Waals surface area contributed by atoms with Crippen molar-refractivity contribution < 1.29 is 28.6 Å². The maximum atomic E-state index is 11.0. The average Bonchev–Trinajstić information content (AvgIpc) is 2.23. The summed E-state index contributed by atoms with van der Waals surface area (Å²) in [4.78, 5) is 32.7. The van der Waals surface area contributed by atoms with E-state index in [1.54, 1.807) is 0 Å². The van der Waals surface area contributed by atoms with Gasteiger partial charge in [0.25, 0.3) is 0 Å². The Morgan fingerprint density at radius 2 is 1.29 bits per heavy atom. The minimum Gasteiger partial charge on any atom is -0.466 e. The third-order valence-corrected chi connectivity index (χ3v) is 1.27. The van der Waals surface area contributed by atoms with Crippen molar-refractivity contribution in [1.29, 1.82) is 0 Å². The molecule has 0 aromatic heterocycles. The molecule has 0 amide bonds. The fraction of sp³-hybridized carbons (Fsp3) is 0.375. The molecule has 0 radical (unpaired) electrons. The summed E-state index contributed by atoms with van der Waals surface area (Å²) in [6, 6.07) is 0. The summed E-state index contributed by atoms with van der Waals surface area (Å²) in [7, 11) is 3.28. The van der Waals surface area contributed by atoms with Gasteiger partial charge in [-0.2, -0.15) is 0 Å². The van der Waals surface area contributed by atoms with Crippen LogP contribution in [0.15, 0.2) is 11.6 Å². The molecular weight excluding hydrogens is 192 g/mol. The van der Waals surface area contributed by atoms with Crippen LogP contribution < -0.4 is 0 Å². The first kappa shape index (κ1) is 12.2. The molecule has 0 rings (SSSR count). The van der Waals surface area contributed by atoms with E-state index in [1.807, 2.05) is 0 Å². The van der Waals surface area contributed by atoms with Crippen molar-refractivity contribution >= 4 is 17.9 Å². The van der Waals surface area contributed by atoms with Crippen molar-refractivity contribution in [1.82, 2.24) is 0 Å². The Morgan fingerprint density at radius 3 is 1.57 bits per heavy atom. The molecule has 0 unspecified atom stereocenters. The van der Waals surface area contributed by atoms with Crippen molar-refractivity contribution in [3.63, 3.8) is 0 Å². The van der Waals surface area contributed by atoms with Crippen LogP contribution in [0.2, 0.25) is 0 Å². The smallest absolute Gasteiger partial charge is 0.345 e. The number of methoxy groups -OCH3 is 3. The summed E-state index contributed by atoms with van der Waals surface area (Å²) in [5.74, 6) is -2.75. The molecule has 0 bridgehead atoms. The summed E-state index contributed by atoms with van der Waals surface area (Å²) in [6.45, 7) is 0. The quantitative estimate of drug-likeness (QED) is 0.200. The van der Waals surface area contributed by atoms with E-state index in [0.29, 0.717) is 6.08 Å². The van der Waals surface area contributed by atoms with Crippen molar-refractivity contribution in [3.8, 4) is 0 Å². The number of hydrogen-bond donors (Lipinski definition) is 0. The van der Waals surface area contributed by atoms with E-state index >= 15 is 0 Å². The van der Waals surface area contributed by atoms with Gasteiger partial charge in [-0.15, -0.1) is 0 Å². The molecule has 6 heteroatoms. The first-order chi connectivity index (χ1) is 6.56. The standard InChI is InChI=1S/C8H10O6/c1-12-6(9)4-5(7(10)13-2)8(11)14-3/h4H,1-3H3. The van der Waals surface area contributed by atoms with E-state index in [1.165, 1.54) is 0 Å². The predicted molar refractivity (Wildman–Crippen MR) is 44.1 cm³/mol. The number of ether oxygens (including phenoxy) is 3. The van der Waals surface area contributed by atoms with Gasteiger partial charge in [-0.1, -0.05) is 0 Å². The second-order valence-electron chi connectivity index (χ2n) is 2.06. The third kappa shape index (κ3) is 3.26. The summed E-state index contributed by atoms with van der Waals surface area (Å²) in [5.41, 5.74) is -0.512. The Labute approximate surface area is 80.4 Å². The van der Waals surface area contributed by atoms with Crippen LogP contribution in [0.1, 0.15) is 0 Å². The van der Waals surface area contributed by atoms with Crippen LogP contribution in [-0.4, -0.2) is 39.2 Å². The van der Waals surface area contributed by atoms with Gasteiger partial charge in [-0.05, 0) is 0 Å². The van der Waals surface area contributed by atoms with Crippen molar-refractivity contribution in [2.24, 2.45) is 0 Å². The maximum absolute atomic E-state index is 11.0. The first-order valence-corrected chi connectivity index (χ1v) is 3.53. The molecule has 0 N–H and O–H groups in total. The maximum Gasteiger partial charge on any atom is 0.345 e. The fourth-order valence-corrected chi connectivity index (χ4v) is 0.598. The zero-order valence-corrected chi connectivity index (χ0v) is 8.03. The zero-order chi connectivity index (χ0) is 11.1. The minimum absolute atomic E-state index is 0.512. The molecule has 0 aliphatic rings. The highest BCUT2D eigenvalue weighted by Gasteiger charge is 2.21. The van der Waals surface area contributed by atoms with Crippen LogP contribution >= 0.6 is 0 Å². The summed E-state index contributed by atoms with van der Waals surface area (Å²) < 4.78 is 12.8. The van der Waals surface area contributed by atoms with E-state index in [4.69, 9.17) is 0 Å². The Balaban J connectivity index is 4.90. The van der Waals surface area contributed by atoms with Gasteiger partial charge >= 0.3 is 17.9 Å². The van der Waals surface area contributed by atoms with E-state index in [-0.39, 0.29) is 0 Å². The van der Waals surface area contributed by atoms with Gasteiger partial charge in [-0.25, -0.2) is 14.4 Å². The average molecular weight is 202 g/mol. The van der Waals surface area contributed by atoms with Crippen molar-refractivity contribution in [3.05, 3.63) is 11.6 Å². The number of hydrogen-bond acceptors (Lipinski definition) is 6. The summed E-state index contributed by atoms with van der Waals surface area (Å²) in [5, 5.41) is 0. The van der Waals surface area contributed by atoms with Gasteiger partial charge in [0.15, 0.2) is 5.57 Å². The molecular formula is C8H10O6. The van der Waals surface area contributed by atoms with E-state index in [0.717, 1.165) is 21.3 Å². The number of carbonyl (C=O) groups excluding carboxylic acids is 3. The SMILES string of the molecule is COC(=O)C=C(C(=O)OC)C(=O)OC. The predicted octanol–water partition coefficient (Wildman–Crippen LogP) is -0.568. The van der Waals surface area contributed by atoms with E-state index in [2.05, 4.69) is 14.2 Å². The molecule has 0 saturated carbocycles. The van der Waals surface area contributed by atoms with Crippen molar-refractivity contribution in [2.75, 3.05) is 21.3 Å². The van der Waals surface area contributed by atoms with E-state index in [9.17, 15) is 14.4 Å². The monoisotopic (exact) mass is 202 g/mol. The van der Waals surface area contributed by atoms with Crippen LogP contribution in [0.3, 0.4) is 0 Å². The molecule has 0 saturated heterocycles. The first-order valence-electron chi connectivity index (χ1n) is 3.53. The van der Waals surface area contributed by atoms with Crippen LogP contribution in [0.5, 0.6) is 0 Å². The highest BCUT2D eigenvalue weighted by molar-refractivity contribution is 6.17. The fourth-order valence-electron chi connectivity index (χ4n) is 0.598. The largest absolute Gasteiger partial charge is 0.466 e. The lowest BCUT2D eigenvalue weighted by Gasteiger charge is -2.01. The van der Waals surface area contributed by atoms with Gasteiger partial charge in [0.2, 0.25) is 0 Å². The van der Waals surface area contributed by atoms with Gasteiger partial charge < -0.3 is 14.2 Å². The molecule has 0 aromatic rings. The minimum atomic E-state index is -0.956. The Morgan fingerprint density at radius 1 is 0.857 bits per heavy atom. The molecule has 6 nitrogen and oxygen atoms in total. The van der Waals surface area contributed by atoms with Crippen LogP contribution in [0.25, 0.3) is 0 Å². The van der Waals surface area contributed by atoms with Gasteiger partial charge in [0.05, 0.1) is 21.3 Å². The number of rotatable bonds is 3. The van der Waals surface area contributed by atoms with Crippen LogP contribution in [0, 0.1) is 0 Å². The van der Waals surface area contributed by atoms with Gasteiger partial charge in [0, 0.05) is 6.08 Å². The van der Waals surface area contributed by atoms with E-state index < -0.39 is 23.5 Å². The molecule has 0 fully saturated rings. The Kier molecular flexibility index (Phi) is 4.98. The molecule has 78 valence electrons. The molecule has 0 heterocycles. The molecule has 0 aliphatic carbocycles. The van der Waals surface area contributed by atoms with Crippen LogP contribution in [0.4, 0.5) is 0 Å². The molecule has 0 spiro atoms. The lowest BCUT2D eigenvalue weighted by molar-refractivity contribution is -0.145. The van der Waals surface area contributed by atoms with Crippen molar-refractivity contribution in [2.45, 2.75) is 0 Å². The van der Waals surface area contributed by atoms with Gasteiger partial charge in [0.1, 0.15) is 0 Å². The Bertz CT molecular complexity index is 260. The highest BCUT2D eigenvalue weighted by Crippen LogP contribution is 2.01. The molecule has 0 atom stereocenters. The second kappa shape index (κ2) is 5.74. The third-order valence-electron chi connectivity index (χ3n) is 1.27. The lowest BCUT2D eigenvalue weighted by Crippen LogP contribution is -2.17. The molecule has 0 aromatic carbocycles. The molecule has 14 heavy (non-hydrogen) atoms. The summed E-state index contributed by atoms with van der Waals surface area (Å²) in [6.07, 6.45) is 0.706. The summed E-state index contributed by atoms with van der Waals surface area (Å²) >= 11 is 0. The zero-order valence-electron chi connectivity index (χ0n) is 8.03. The highest BCUT2D eigenvalue weighted by atomic mass is 16.5. The Hall–Kier alpha value is -1.85. The topological polar surface area (TPSA) is 78.9 Å². The van der Waals surface area contributed by atoms with Gasteiger partial charge in [-0.3, -0.25) is 0 Å². The molecule has 0 aliphatic heterocycles. The second-order valence-corrected chi connectivity index (χ2v) is 2.06. The number of esters is 3. The van der Waals surface area contributed by atoms with Crippen LogP contribution in [-0.2, 0) is 28.6 Å². The normalized spacial score (nSPS) is 8.50.